The van der Waals surface area contributed by atoms with Crippen LogP contribution in [0.5, 0.6) is 0 Å². The monoisotopic (exact) mass is 274 g/mol. The van der Waals surface area contributed by atoms with Gasteiger partial charge in [-0.15, -0.1) is 12.4 Å². The minimum Gasteiger partial charge on any atom is -0.350 e. The lowest BCUT2D eigenvalue weighted by Gasteiger charge is -2.22. The van der Waals surface area contributed by atoms with Gasteiger partial charge >= 0.3 is 0 Å². The largest absolute Gasteiger partial charge is 0.350 e. The van der Waals surface area contributed by atoms with Gasteiger partial charge in [0.05, 0.1) is 5.54 Å². The van der Waals surface area contributed by atoms with Crippen LogP contribution in [-0.4, -0.2) is 11.4 Å². The van der Waals surface area contributed by atoms with E-state index in [0.717, 1.165) is 12.0 Å². The Balaban J connectivity index is 0.00000289. The first-order chi connectivity index (χ1) is 7.95. The van der Waals surface area contributed by atoms with Gasteiger partial charge in [0.1, 0.15) is 5.82 Å². The first-order valence-corrected chi connectivity index (χ1v) is 5.77. The molecule has 0 radical (unpaired) electrons. The Labute approximate surface area is 113 Å². The SMILES string of the molecule is CCCC(C)(N)C(=O)NCc1ccc(F)cc1.Cl. The molecule has 1 rings (SSSR count). The van der Waals surface area contributed by atoms with Crippen molar-refractivity contribution in [2.24, 2.45) is 5.73 Å². The van der Waals surface area contributed by atoms with Gasteiger partial charge in [0, 0.05) is 6.54 Å². The van der Waals surface area contributed by atoms with E-state index in [1.54, 1.807) is 19.1 Å². The van der Waals surface area contributed by atoms with Gasteiger partial charge in [0.25, 0.3) is 0 Å². The number of halogens is 2. The van der Waals surface area contributed by atoms with Gasteiger partial charge in [-0.2, -0.15) is 0 Å². The van der Waals surface area contributed by atoms with Crippen molar-refractivity contribution in [3.8, 4) is 0 Å². The van der Waals surface area contributed by atoms with Crippen molar-refractivity contribution in [1.82, 2.24) is 5.32 Å². The third kappa shape index (κ3) is 5.02. The highest BCUT2D eigenvalue weighted by Gasteiger charge is 2.26. The molecule has 1 aromatic carbocycles. The van der Waals surface area contributed by atoms with Gasteiger partial charge in [-0.25, -0.2) is 4.39 Å². The van der Waals surface area contributed by atoms with Crippen molar-refractivity contribution in [1.29, 1.82) is 0 Å². The van der Waals surface area contributed by atoms with E-state index in [-0.39, 0.29) is 24.1 Å². The molecule has 3 nitrogen and oxygen atoms in total. The number of benzene rings is 1. The molecule has 0 aliphatic rings. The molecule has 0 heterocycles. The minimum atomic E-state index is -0.839. The molecule has 1 unspecified atom stereocenters. The van der Waals surface area contributed by atoms with Crippen LogP contribution in [-0.2, 0) is 11.3 Å². The summed E-state index contributed by atoms with van der Waals surface area (Å²) in [4.78, 5) is 11.8. The summed E-state index contributed by atoms with van der Waals surface area (Å²) in [5, 5.41) is 2.76. The highest BCUT2D eigenvalue weighted by Crippen LogP contribution is 2.09. The highest BCUT2D eigenvalue weighted by molar-refractivity contribution is 5.85. The molecule has 0 fully saturated rings. The smallest absolute Gasteiger partial charge is 0.240 e. The third-order valence-corrected chi connectivity index (χ3v) is 2.65. The number of hydrogen-bond donors (Lipinski definition) is 2. The van der Waals surface area contributed by atoms with Crippen molar-refractivity contribution in [2.75, 3.05) is 0 Å². The van der Waals surface area contributed by atoms with Crippen molar-refractivity contribution in [2.45, 2.75) is 38.8 Å². The predicted molar refractivity (Wildman–Crippen MR) is 73.0 cm³/mol. The summed E-state index contributed by atoms with van der Waals surface area (Å²) in [6, 6.07) is 6.02. The maximum Gasteiger partial charge on any atom is 0.240 e. The van der Waals surface area contributed by atoms with Gasteiger partial charge < -0.3 is 11.1 Å². The topological polar surface area (TPSA) is 55.1 Å². The summed E-state index contributed by atoms with van der Waals surface area (Å²) in [6.45, 7) is 4.07. The lowest BCUT2D eigenvalue weighted by molar-refractivity contribution is -0.126. The van der Waals surface area contributed by atoms with Gasteiger partial charge in [0.2, 0.25) is 5.91 Å². The fourth-order valence-corrected chi connectivity index (χ4v) is 1.62. The van der Waals surface area contributed by atoms with Crippen LogP contribution in [0, 0.1) is 5.82 Å². The molecule has 5 heteroatoms. The molecule has 0 aliphatic heterocycles. The summed E-state index contributed by atoms with van der Waals surface area (Å²) in [6.07, 6.45) is 1.50. The van der Waals surface area contributed by atoms with E-state index in [9.17, 15) is 9.18 Å². The van der Waals surface area contributed by atoms with Crippen LogP contribution in [0.25, 0.3) is 0 Å². The third-order valence-electron chi connectivity index (χ3n) is 2.65. The summed E-state index contributed by atoms with van der Waals surface area (Å²) in [7, 11) is 0. The number of nitrogens with two attached hydrogens (primary N) is 1. The second kappa shape index (κ2) is 7.34. The Hall–Kier alpha value is -1.13. The molecule has 1 atom stereocenters. The Bertz CT molecular complexity index is 379. The first kappa shape index (κ1) is 16.9. The fourth-order valence-electron chi connectivity index (χ4n) is 1.62. The molecule has 3 N–H and O–H groups in total. The lowest BCUT2D eigenvalue weighted by atomic mass is 9.96. The Kier molecular flexibility index (Phi) is 6.88. The average molecular weight is 275 g/mol. The fraction of sp³-hybridized carbons (Fsp3) is 0.462. The summed E-state index contributed by atoms with van der Waals surface area (Å²) < 4.78 is 12.7. The molecule has 0 spiro atoms. The van der Waals surface area contributed by atoms with Gasteiger partial charge in [0.15, 0.2) is 0 Å². The molecule has 18 heavy (non-hydrogen) atoms. The number of rotatable bonds is 5. The normalized spacial score (nSPS) is 13.3. The Morgan fingerprint density at radius 3 is 2.44 bits per heavy atom. The van der Waals surface area contributed by atoms with Crippen LogP contribution >= 0.6 is 12.4 Å². The predicted octanol–water partition coefficient (Wildman–Crippen LogP) is 2.38. The van der Waals surface area contributed by atoms with Crippen molar-refractivity contribution < 1.29 is 9.18 Å². The quantitative estimate of drug-likeness (QED) is 0.866. The van der Waals surface area contributed by atoms with E-state index in [2.05, 4.69) is 5.32 Å². The number of carbonyl (C=O) groups excluding carboxylic acids is 1. The van der Waals surface area contributed by atoms with E-state index < -0.39 is 5.54 Å². The van der Waals surface area contributed by atoms with Crippen molar-refractivity contribution in [3.05, 3.63) is 35.6 Å². The zero-order valence-electron chi connectivity index (χ0n) is 10.7. The minimum absolute atomic E-state index is 0. The Morgan fingerprint density at radius 1 is 1.39 bits per heavy atom. The van der Waals surface area contributed by atoms with Crippen LogP contribution in [0.4, 0.5) is 4.39 Å². The van der Waals surface area contributed by atoms with Gasteiger partial charge in [-0.1, -0.05) is 25.5 Å². The maximum atomic E-state index is 12.7. The van der Waals surface area contributed by atoms with Crippen LogP contribution < -0.4 is 11.1 Å². The van der Waals surface area contributed by atoms with Crippen LogP contribution in [0.3, 0.4) is 0 Å². The van der Waals surface area contributed by atoms with Gasteiger partial charge in [-0.3, -0.25) is 4.79 Å². The first-order valence-electron chi connectivity index (χ1n) is 5.77. The molecular formula is C13H20ClFN2O. The molecule has 0 saturated heterocycles. The molecule has 1 amide bonds. The number of hydrogen-bond acceptors (Lipinski definition) is 2. The van der Waals surface area contributed by atoms with Crippen LogP contribution in [0.2, 0.25) is 0 Å². The number of amides is 1. The second-order valence-corrected chi connectivity index (χ2v) is 4.48. The summed E-state index contributed by atoms with van der Waals surface area (Å²) in [5.41, 5.74) is 5.90. The standard InChI is InChI=1S/C13H19FN2O.ClH/c1-3-8-13(2,15)12(17)16-9-10-4-6-11(14)7-5-10;/h4-7H,3,8-9,15H2,1-2H3,(H,16,17);1H. The maximum absolute atomic E-state index is 12.7. The van der Waals surface area contributed by atoms with E-state index in [1.165, 1.54) is 12.1 Å². The lowest BCUT2D eigenvalue weighted by Crippen LogP contribution is -2.51. The molecule has 0 saturated carbocycles. The zero-order valence-corrected chi connectivity index (χ0v) is 11.5. The average Bonchev–Trinajstić information content (AvgIpc) is 2.27. The molecular weight excluding hydrogens is 255 g/mol. The van der Waals surface area contributed by atoms with E-state index in [4.69, 9.17) is 5.73 Å². The molecule has 1 aromatic rings. The van der Waals surface area contributed by atoms with Crippen molar-refractivity contribution in [3.63, 3.8) is 0 Å². The molecule has 0 bridgehead atoms. The second-order valence-electron chi connectivity index (χ2n) is 4.48. The Morgan fingerprint density at radius 2 is 1.94 bits per heavy atom. The van der Waals surface area contributed by atoms with Crippen LogP contribution in [0.1, 0.15) is 32.3 Å². The van der Waals surface area contributed by atoms with E-state index in [0.29, 0.717) is 13.0 Å². The van der Waals surface area contributed by atoms with E-state index in [1.807, 2.05) is 6.92 Å². The zero-order chi connectivity index (χ0) is 12.9. The molecule has 0 aromatic heterocycles. The number of carbonyl (C=O) groups is 1. The molecule has 102 valence electrons. The van der Waals surface area contributed by atoms with Gasteiger partial charge in [-0.05, 0) is 31.0 Å². The summed E-state index contributed by atoms with van der Waals surface area (Å²) in [5.74, 6) is -0.460. The number of nitrogens with one attached hydrogen (secondary N) is 1. The van der Waals surface area contributed by atoms with E-state index >= 15 is 0 Å². The van der Waals surface area contributed by atoms with Crippen LogP contribution in [0.15, 0.2) is 24.3 Å². The summed E-state index contributed by atoms with van der Waals surface area (Å²) >= 11 is 0. The highest BCUT2D eigenvalue weighted by atomic mass is 35.5. The molecule has 0 aliphatic carbocycles. The van der Waals surface area contributed by atoms with Crippen molar-refractivity contribution >= 4 is 18.3 Å².